The van der Waals surface area contributed by atoms with Crippen LogP contribution >= 0.6 is 0 Å². The van der Waals surface area contributed by atoms with E-state index >= 15 is 0 Å². The Morgan fingerprint density at radius 3 is 2.67 bits per heavy atom. The molecule has 0 saturated carbocycles. The van der Waals surface area contributed by atoms with Crippen LogP contribution in [0, 0.1) is 17.7 Å². The number of piperidine rings is 1. The van der Waals surface area contributed by atoms with Crippen LogP contribution < -0.4 is 0 Å². The van der Waals surface area contributed by atoms with Crippen molar-refractivity contribution in [2.24, 2.45) is 11.8 Å². The van der Waals surface area contributed by atoms with Crippen molar-refractivity contribution in [1.82, 2.24) is 4.90 Å². The first-order valence-corrected chi connectivity index (χ1v) is 6.71. The molecule has 0 bridgehead atoms. The summed E-state index contributed by atoms with van der Waals surface area (Å²) in [7, 11) is 0. The first kappa shape index (κ1) is 13.3. The average molecular weight is 251 g/mol. The summed E-state index contributed by atoms with van der Waals surface area (Å²) >= 11 is 0. The van der Waals surface area contributed by atoms with E-state index in [1.807, 2.05) is 0 Å². The van der Waals surface area contributed by atoms with E-state index in [-0.39, 0.29) is 17.6 Å². The van der Waals surface area contributed by atoms with Gasteiger partial charge in [0.1, 0.15) is 11.6 Å². The molecule has 1 saturated heterocycles. The summed E-state index contributed by atoms with van der Waals surface area (Å²) in [6, 6.07) is 4.45. The van der Waals surface area contributed by atoms with Crippen LogP contribution in [0.15, 0.2) is 18.2 Å². The summed E-state index contributed by atoms with van der Waals surface area (Å²) in [4.78, 5) is 2.37. The quantitative estimate of drug-likeness (QED) is 0.868. The molecule has 0 spiro atoms. The number of hydrogen-bond acceptors (Lipinski definition) is 2. The summed E-state index contributed by atoms with van der Waals surface area (Å²) in [6.07, 6.45) is 1.19. The number of halogens is 1. The molecular formula is C15H22FNO. The highest BCUT2D eigenvalue weighted by Crippen LogP contribution is 2.33. The van der Waals surface area contributed by atoms with E-state index < -0.39 is 0 Å². The number of benzene rings is 1. The zero-order valence-electron chi connectivity index (χ0n) is 11.4. The molecule has 0 aromatic heterocycles. The summed E-state index contributed by atoms with van der Waals surface area (Å²) in [5.74, 6) is 1.11. The van der Waals surface area contributed by atoms with Crippen molar-refractivity contribution < 1.29 is 9.50 Å². The first-order chi connectivity index (χ1) is 8.49. The van der Waals surface area contributed by atoms with Gasteiger partial charge in [-0.2, -0.15) is 0 Å². The molecular weight excluding hydrogens is 229 g/mol. The maximum Gasteiger partial charge on any atom is 0.126 e. The van der Waals surface area contributed by atoms with Gasteiger partial charge in [0.25, 0.3) is 0 Å². The van der Waals surface area contributed by atoms with E-state index in [1.54, 1.807) is 6.07 Å². The van der Waals surface area contributed by atoms with Crippen LogP contribution in [-0.4, -0.2) is 23.1 Å². The molecule has 3 atom stereocenters. The molecule has 1 fully saturated rings. The van der Waals surface area contributed by atoms with Gasteiger partial charge >= 0.3 is 0 Å². The molecule has 3 unspecified atom stereocenters. The molecule has 1 N–H and O–H groups in total. The molecule has 2 rings (SSSR count). The highest BCUT2D eigenvalue weighted by Gasteiger charge is 2.27. The maximum absolute atomic E-state index is 13.0. The summed E-state index contributed by atoms with van der Waals surface area (Å²) < 4.78 is 13.0. The third-order valence-corrected chi connectivity index (χ3v) is 4.36. The fourth-order valence-corrected chi connectivity index (χ4v) is 2.71. The van der Waals surface area contributed by atoms with Crippen LogP contribution in [0.1, 0.15) is 38.8 Å². The fourth-order valence-electron chi connectivity index (χ4n) is 2.71. The second-order valence-electron chi connectivity index (χ2n) is 5.62. The highest BCUT2D eigenvalue weighted by molar-refractivity contribution is 5.35. The van der Waals surface area contributed by atoms with E-state index in [0.29, 0.717) is 5.92 Å². The predicted octanol–water partition coefficient (Wildman–Crippen LogP) is 3.57. The molecule has 18 heavy (non-hydrogen) atoms. The molecule has 2 nitrogen and oxygen atoms in total. The van der Waals surface area contributed by atoms with Gasteiger partial charge in [0.2, 0.25) is 0 Å². The van der Waals surface area contributed by atoms with Crippen molar-refractivity contribution >= 4 is 0 Å². The Kier molecular flexibility index (Phi) is 3.91. The lowest BCUT2D eigenvalue weighted by atomic mass is 9.87. The zero-order valence-corrected chi connectivity index (χ0v) is 11.4. The largest absolute Gasteiger partial charge is 0.508 e. The van der Waals surface area contributed by atoms with Crippen LogP contribution in [0.4, 0.5) is 4.39 Å². The molecule has 1 aromatic carbocycles. The second-order valence-corrected chi connectivity index (χ2v) is 5.62. The number of rotatable bonds is 2. The Labute approximate surface area is 108 Å². The van der Waals surface area contributed by atoms with Crippen LogP contribution in [0.25, 0.3) is 0 Å². The molecule has 0 radical (unpaired) electrons. The zero-order chi connectivity index (χ0) is 13.3. The number of likely N-dealkylation sites (tertiary alicyclic amines) is 1. The van der Waals surface area contributed by atoms with Crippen LogP contribution in [0.2, 0.25) is 0 Å². The third kappa shape index (κ3) is 2.66. The lowest BCUT2D eigenvalue weighted by Gasteiger charge is -2.39. The van der Waals surface area contributed by atoms with E-state index in [4.69, 9.17) is 0 Å². The lowest BCUT2D eigenvalue weighted by Crippen LogP contribution is -2.39. The molecule has 1 heterocycles. The van der Waals surface area contributed by atoms with Gasteiger partial charge in [0, 0.05) is 24.2 Å². The second kappa shape index (κ2) is 5.27. The minimum Gasteiger partial charge on any atom is -0.508 e. The Morgan fingerprint density at radius 2 is 2.06 bits per heavy atom. The average Bonchev–Trinajstić information content (AvgIpc) is 2.32. The van der Waals surface area contributed by atoms with Gasteiger partial charge in [-0.3, -0.25) is 4.90 Å². The Balaban J connectivity index is 2.13. The molecule has 0 aliphatic carbocycles. The summed E-state index contributed by atoms with van der Waals surface area (Å²) in [5, 5.41) is 9.84. The van der Waals surface area contributed by atoms with Crippen molar-refractivity contribution in [3.05, 3.63) is 29.6 Å². The van der Waals surface area contributed by atoms with Gasteiger partial charge < -0.3 is 5.11 Å². The van der Waals surface area contributed by atoms with Crippen molar-refractivity contribution in [3.8, 4) is 5.75 Å². The Morgan fingerprint density at radius 1 is 1.33 bits per heavy atom. The number of aromatic hydroxyl groups is 1. The van der Waals surface area contributed by atoms with E-state index in [9.17, 15) is 9.50 Å². The summed E-state index contributed by atoms with van der Waals surface area (Å²) in [6.45, 7) is 8.73. The molecule has 0 amide bonds. The third-order valence-electron chi connectivity index (χ3n) is 4.36. The van der Waals surface area contributed by atoms with Gasteiger partial charge in [-0.05, 0) is 37.8 Å². The van der Waals surface area contributed by atoms with Crippen LogP contribution in [0.3, 0.4) is 0 Å². The number of nitrogens with zero attached hydrogens (tertiary/aromatic N) is 1. The Hall–Kier alpha value is -1.09. The van der Waals surface area contributed by atoms with E-state index in [1.165, 1.54) is 18.6 Å². The number of phenolic OH excluding ortho intramolecular Hbond substituents is 1. The van der Waals surface area contributed by atoms with E-state index in [0.717, 1.165) is 24.6 Å². The van der Waals surface area contributed by atoms with Crippen molar-refractivity contribution in [3.63, 3.8) is 0 Å². The minimum absolute atomic E-state index is 0.0637. The molecule has 1 aliphatic rings. The number of phenols is 1. The normalized spacial score (nSPS) is 27.1. The van der Waals surface area contributed by atoms with Gasteiger partial charge in [-0.15, -0.1) is 0 Å². The smallest absolute Gasteiger partial charge is 0.126 e. The van der Waals surface area contributed by atoms with Gasteiger partial charge in [0.15, 0.2) is 0 Å². The monoisotopic (exact) mass is 251 g/mol. The predicted molar refractivity (Wildman–Crippen MR) is 71.0 cm³/mol. The lowest BCUT2D eigenvalue weighted by molar-refractivity contribution is 0.102. The van der Waals surface area contributed by atoms with Gasteiger partial charge in [-0.1, -0.05) is 19.9 Å². The SMILES string of the molecule is CC1CCN(C(C)c2ccc(F)cc2O)CC1C. The minimum atomic E-state index is -0.385. The maximum atomic E-state index is 13.0. The standard InChI is InChI=1S/C15H22FNO/c1-10-6-7-17(9-11(10)2)12(3)14-5-4-13(16)8-15(14)18/h4-5,8,10-12,18H,6-7,9H2,1-3H3. The van der Waals surface area contributed by atoms with Gasteiger partial charge in [0.05, 0.1) is 0 Å². The van der Waals surface area contributed by atoms with Crippen LogP contribution in [-0.2, 0) is 0 Å². The molecule has 1 aromatic rings. The van der Waals surface area contributed by atoms with Crippen molar-refractivity contribution in [1.29, 1.82) is 0 Å². The number of hydrogen-bond donors (Lipinski definition) is 1. The van der Waals surface area contributed by atoms with Crippen molar-refractivity contribution in [2.45, 2.75) is 33.2 Å². The molecule has 1 aliphatic heterocycles. The first-order valence-electron chi connectivity index (χ1n) is 6.71. The van der Waals surface area contributed by atoms with Crippen molar-refractivity contribution in [2.75, 3.05) is 13.1 Å². The molecule has 100 valence electrons. The van der Waals surface area contributed by atoms with E-state index in [2.05, 4.69) is 25.7 Å². The summed E-state index contributed by atoms with van der Waals surface area (Å²) in [5.41, 5.74) is 0.818. The highest BCUT2D eigenvalue weighted by atomic mass is 19.1. The van der Waals surface area contributed by atoms with Gasteiger partial charge in [-0.25, -0.2) is 4.39 Å². The topological polar surface area (TPSA) is 23.5 Å². The van der Waals surface area contributed by atoms with Crippen LogP contribution in [0.5, 0.6) is 5.75 Å². The Bertz CT molecular complexity index is 421. The molecule has 3 heteroatoms. The fraction of sp³-hybridized carbons (Fsp3) is 0.600.